The van der Waals surface area contributed by atoms with E-state index >= 15 is 0 Å². The summed E-state index contributed by atoms with van der Waals surface area (Å²) >= 11 is 0. The van der Waals surface area contributed by atoms with Crippen molar-refractivity contribution in [1.82, 2.24) is 5.32 Å². The highest BCUT2D eigenvalue weighted by molar-refractivity contribution is 5.92. The molecule has 0 radical (unpaired) electrons. The lowest BCUT2D eigenvalue weighted by atomic mass is 9.98. The average Bonchev–Trinajstić information content (AvgIpc) is 3.03. The van der Waals surface area contributed by atoms with Crippen molar-refractivity contribution in [3.63, 3.8) is 0 Å². The van der Waals surface area contributed by atoms with Crippen molar-refractivity contribution in [2.45, 2.75) is 18.8 Å². The van der Waals surface area contributed by atoms with Crippen molar-refractivity contribution >= 4 is 11.6 Å². The molecule has 0 spiro atoms. The van der Waals surface area contributed by atoms with E-state index in [1.165, 1.54) is 12.0 Å². The minimum Gasteiger partial charge on any atom is -0.326 e. The van der Waals surface area contributed by atoms with Crippen molar-refractivity contribution in [2.24, 2.45) is 0 Å². The van der Waals surface area contributed by atoms with E-state index in [0.29, 0.717) is 12.3 Å². The van der Waals surface area contributed by atoms with Crippen molar-refractivity contribution in [3.8, 4) is 0 Å². The Morgan fingerprint density at radius 3 is 2.52 bits per heavy atom. The molecule has 1 unspecified atom stereocenters. The maximum atomic E-state index is 12.0. The van der Waals surface area contributed by atoms with Crippen LogP contribution in [0.5, 0.6) is 0 Å². The summed E-state index contributed by atoms with van der Waals surface area (Å²) in [5.41, 5.74) is 3.25. The van der Waals surface area contributed by atoms with Gasteiger partial charge >= 0.3 is 0 Å². The van der Waals surface area contributed by atoms with Gasteiger partial charge in [0, 0.05) is 12.2 Å². The highest BCUT2D eigenvalue weighted by Crippen LogP contribution is 2.23. The van der Waals surface area contributed by atoms with Gasteiger partial charge in [-0.15, -0.1) is 0 Å². The Kier molecular flexibility index (Phi) is 4.31. The van der Waals surface area contributed by atoms with Crippen LogP contribution < -0.4 is 10.6 Å². The lowest BCUT2D eigenvalue weighted by molar-refractivity contribution is -0.115. The van der Waals surface area contributed by atoms with Crippen molar-refractivity contribution in [1.29, 1.82) is 0 Å². The summed E-state index contributed by atoms with van der Waals surface area (Å²) in [6.07, 6.45) is 1.61. The molecule has 2 N–H and O–H groups in total. The highest BCUT2D eigenvalue weighted by Gasteiger charge is 2.16. The summed E-state index contributed by atoms with van der Waals surface area (Å²) in [4.78, 5) is 12.0. The van der Waals surface area contributed by atoms with Gasteiger partial charge in [-0.05, 0) is 42.1 Å². The van der Waals surface area contributed by atoms with Gasteiger partial charge in [0.15, 0.2) is 0 Å². The number of anilines is 1. The second kappa shape index (κ2) is 6.55. The van der Waals surface area contributed by atoms with Gasteiger partial charge in [0.05, 0.1) is 6.42 Å². The molecule has 1 fully saturated rings. The first-order valence-corrected chi connectivity index (χ1v) is 7.46. The molecule has 3 nitrogen and oxygen atoms in total. The summed E-state index contributed by atoms with van der Waals surface area (Å²) in [7, 11) is 0. The third kappa shape index (κ3) is 3.70. The molecule has 2 aromatic carbocycles. The van der Waals surface area contributed by atoms with E-state index in [-0.39, 0.29) is 5.91 Å². The van der Waals surface area contributed by atoms with E-state index in [9.17, 15) is 4.79 Å². The zero-order valence-electron chi connectivity index (χ0n) is 12.0. The molecule has 3 rings (SSSR count). The van der Waals surface area contributed by atoms with Gasteiger partial charge in [0.25, 0.3) is 0 Å². The van der Waals surface area contributed by atoms with E-state index in [0.717, 1.165) is 24.3 Å². The Balaban J connectivity index is 1.58. The smallest absolute Gasteiger partial charge is 0.228 e. The molecule has 3 heteroatoms. The van der Waals surface area contributed by atoms with Crippen LogP contribution in [-0.2, 0) is 11.2 Å². The Morgan fingerprint density at radius 2 is 1.86 bits per heavy atom. The fourth-order valence-corrected chi connectivity index (χ4v) is 2.76. The summed E-state index contributed by atoms with van der Waals surface area (Å²) in [5.74, 6) is 0.635. The standard InChI is InChI=1S/C18H20N2O/c21-18(12-14-4-2-1-3-5-14)20-17-8-6-15(7-9-17)16-10-11-19-13-16/h1-9,16,19H,10-13H2,(H,20,21). The Hall–Kier alpha value is -2.13. The van der Waals surface area contributed by atoms with Gasteiger partial charge in [-0.1, -0.05) is 42.5 Å². The van der Waals surface area contributed by atoms with Gasteiger partial charge < -0.3 is 10.6 Å². The number of carbonyl (C=O) groups is 1. The van der Waals surface area contributed by atoms with Crippen LogP contribution in [0.25, 0.3) is 0 Å². The van der Waals surface area contributed by atoms with E-state index in [2.05, 4.69) is 22.8 Å². The molecule has 21 heavy (non-hydrogen) atoms. The summed E-state index contributed by atoms with van der Waals surface area (Å²) in [6, 6.07) is 18.0. The minimum absolute atomic E-state index is 0.0245. The quantitative estimate of drug-likeness (QED) is 0.904. The summed E-state index contributed by atoms with van der Waals surface area (Å²) in [5, 5.41) is 6.33. The number of hydrogen-bond acceptors (Lipinski definition) is 2. The monoisotopic (exact) mass is 280 g/mol. The molecule has 0 aliphatic carbocycles. The maximum Gasteiger partial charge on any atom is 0.228 e. The predicted molar refractivity (Wildman–Crippen MR) is 85.4 cm³/mol. The predicted octanol–water partition coefficient (Wildman–Crippen LogP) is 2.94. The molecule has 108 valence electrons. The van der Waals surface area contributed by atoms with Crippen LogP contribution in [0.15, 0.2) is 54.6 Å². The van der Waals surface area contributed by atoms with Gasteiger partial charge in [-0.2, -0.15) is 0 Å². The largest absolute Gasteiger partial charge is 0.326 e. The first-order valence-electron chi connectivity index (χ1n) is 7.46. The van der Waals surface area contributed by atoms with Crippen molar-refractivity contribution in [3.05, 3.63) is 65.7 Å². The number of nitrogens with one attached hydrogen (secondary N) is 2. The van der Waals surface area contributed by atoms with E-state index in [1.54, 1.807) is 0 Å². The minimum atomic E-state index is 0.0245. The number of amides is 1. The van der Waals surface area contributed by atoms with Crippen LogP contribution in [0.4, 0.5) is 5.69 Å². The van der Waals surface area contributed by atoms with Gasteiger partial charge in [-0.3, -0.25) is 4.79 Å². The molecule has 1 heterocycles. The first kappa shape index (κ1) is 13.8. The van der Waals surface area contributed by atoms with Gasteiger partial charge in [0.1, 0.15) is 0 Å². The molecule has 0 saturated carbocycles. The molecule has 2 aromatic rings. The Labute approximate surface area is 125 Å². The zero-order valence-corrected chi connectivity index (χ0v) is 12.0. The molecular weight excluding hydrogens is 260 g/mol. The molecule has 0 aromatic heterocycles. The summed E-state index contributed by atoms with van der Waals surface area (Å²) in [6.45, 7) is 2.15. The summed E-state index contributed by atoms with van der Waals surface area (Å²) < 4.78 is 0. The molecule has 1 atom stereocenters. The van der Waals surface area contributed by atoms with Crippen LogP contribution in [0, 0.1) is 0 Å². The average molecular weight is 280 g/mol. The molecule has 0 bridgehead atoms. The molecule has 1 aliphatic rings. The van der Waals surface area contributed by atoms with Crippen LogP contribution >= 0.6 is 0 Å². The van der Waals surface area contributed by atoms with Crippen molar-refractivity contribution in [2.75, 3.05) is 18.4 Å². The number of rotatable bonds is 4. The van der Waals surface area contributed by atoms with Crippen LogP contribution in [0.3, 0.4) is 0 Å². The van der Waals surface area contributed by atoms with Crippen LogP contribution in [0.2, 0.25) is 0 Å². The van der Waals surface area contributed by atoms with Crippen LogP contribution in [0.1, 0.15) is 23.5 Å². The molecular formula is C18H20N2O. The number of carbonyl (C=O) groups excluding carboxylic acids is 1. The Bertz CT molecular complexity index is 586. The van der Waals surface area contributed by atoms with E-state index < -0.39 is 0 Å². The molecule has 1 saturated heterocycles. The third-order valence-corrected chi connectivity index (χ3v) is 3.93. The van der Waals surface area contributed by atoms with E-state index in [1.807, 2.05) is 42.5 Å². The topological polar surface area (TPSA) is 41.1 Å². The Morgan fingerprint density at radius 1 is 1.10 bits per heavy atom. The molecule has 1 aliphatic heterocycles. The lowest BCUT2D eigenvalue weighted by Crippen LogP contribution is -2.14. The van der Waals surface area contributed by atoms with Gasteiger partial charge in [0.2, 0.25) is 5.91 Å². The maximum absolute atomic E-state index is 12.0. The van der Waals surface area contributed by atoms with E-state index in [4.69, 9.17) is 0 Å². The number of benzene rings is 2. The normalized spacial score (nSPS) is 17.6. The molecule has 1 amide bonds. The highest BCUT2D eigenvalue weighted by atomic mass is 16.1. The lowest BCUT2D eigenvalue weighted by Gasteiger charge is -2.10. The third-order valence-electron chi connectivity index (χ3n) is 3.93. The second-order valence-electron chi connectivity index (χ2n) is 5.52. The van der Waals surface area contributed by atoms with Crippen molar-refractivity contribution < 1.29 is 4.79 Å². The van der Waals surface area contributed by atoms with Crippen LogP contribution in [-0.4, -0.2) is 19.0 Å². The fourth-order valence-electron chi connectivity index (χ4n) is 2.76. The first-order chi connectivity index (χ1) is 10.3. The number of hydrogen-bond donors (Lipinski definition) is 2. The SMILES string of the molecule is O=C(Cc1ccccc1)Nc1ccc(C2CCNC2)cc1. The zero-order chi connectivity index (χ0) is 14.5. The fraction of sp³-hybridized carbons (Fsp3) is 0.278. The van der Waals surface area contributed by atoms with Gasteiger partial charge in [-0.25, -0.2) is 0 Å². The second-order valence-corrected chi connectivity index (χ2v) is 5.52.